The first-order valence-corrected chi connectivity index (χ1v) is 8.17. The Morgan fingerprint density at radius 3 is 2.46 bits per heavy atom. The monoisotopic (exact) mass is 337 g/mol. The lowest BCUT2D eigenvalue weighted by Gasteiger charge is -2.36. The molecule has 1 fully saturated rings. The number of hydrogen-bond acceptors (Lipinski definition) is 5. The normalized spacial score (nSPS) is 20.1. The van der Waals surface area contributed by atoms with E-state index >= 15 is 0 Å². The Labute approximate surface area is 142 Å². The molecule has 1 aliphatic rings. The number of aryl methyl sites for hydroxylation is 2. The SMILES string of the molecule is Cc1nc(C(=O)N[C@H]2CCN(C(=O)OC(C)(C)C)C2(C)C)c(C)o1. The van der Waals surface area contributed by atoms with E-state index in [1.807, 2.05) is 34.6 Å². The van der Waals surface area contributed by atoms with Gasteiger partial charge in [0.1, 0.15) is 11.4 Å². The van der Waals surface area contributed by atoms with Crippen LogP contribution in [0, 0.1) is 13.8 Å². The largest absolute Gasteiger partial charge is 0.445 e. The lowest BCUT2D eigenvalue weighted by Crippen LogP contribution is -2.55. The molecule has 1 aromatic heterocycles. The predicted octanol–water partition coefficient (Wildman–Crippen LogP) is 2.81. The molecule has 24 heavy (non-hydrogen) atoms. The Bertz CT molecular complexity index is 643. The van der Waals surface area contributed by atoms with Gasteiger partial charge in [0.2, 0.25) is 0 Å². The van der Waals surface area contributed by atoms with Gasteiger partial charge in [-0.05, 0) is 48.0 Å². The molecule has 1 N–H and O–H groups in total. The fourth-order valence-corrected chi connectivity index (χ4v) is 2.95. The Kier molecular flexibility index (Phi) is 4.65. The van der Waals surface area contributed by atoms with E-state index in [-0.39, 0.29) is 18.0 Å². The van der Waals surface area contributed by atoms with E-state index in [1.54, 1.807) is 18.7 Å². The molecule has 1 aromatic rings. The van der Waals surface area contributed by atoms with Crippen molar-refractivity contribution in [3.63, 3.8) is 0 Å². The van der Waals surface area contributed by atoms with Gasteiger partial charge in [-0.1, -0.05) is 0 Å². The average molecular weight is 337 g/mol. The van der Waals surface area contributed by atoms with Crippen molar-refractivity contribution in [2.24, 2.45) is 0 Å². The molecule has 0 saturated carbocycles. The van der Waals surface area contributed by atoms with Crippen molar-refractivity contribution in [1.29, 1.82) is 0 Å². The Morgan fingerprint density at radius 1 is 1.33 bits per heavy atom. The molecule has 134 valence electrons. The summed E-state index contributed by atoms with van der Waals surface area (Å²) < 4.78 is 10.8. The fourth-order valence-electron chi connectivity index (χ4n) is 2.95. The van der Waals surface area contributed by atoms with Gasteiger partial charge in [0, 0.05) is 13.5 Å². The fraction of sp³-hybridized carbons (Fsp3) is 0.706. The zero-order valence-corrected chi connectivity index (χ0v) is 15.5. The molecule has 0 spiro atoms. The molecule has 0 bridgehead atoms. The van der Waals surface area contributed by atoms with Crippen LogP contribution in [0.25, 0.3) is 0 Å². The lowest BCUT2D eigenvalue weighted by atomic mass is 9.95. The number of aromatic nitrogens is 1. The lowest BCUT2D eigenvalue weighted by molar-refractivity contribution is 0.0108. The minimum atomic E-state index is -0.552. The minimum absolute atomic E-state index is 0.186. The second kappa shape index (κ2) is 6.11. The van der Waals surface area contributed by atoms with Gasteiger partial charge in [-0.15, -0.1) is 0 Å². The van der Waals surface area contributed by atoms with Gasteiger partial charge in [-0.2, -0.15) is 0 Å². The Morgan fingerprint density at radius 2 is 1.96 bits per heavy atom. The summed E-state index contributed by atoms with van der Waals surface area (Å²) in [6, 6.07) is -0.186. The average Bonchev–Trinajstić information content (AvgIpc) is 2.87. The van der Waals surface area contributed by atoms with Crippen LogP contribution >= 0.6 is 0 Å². The van der Waals surface area contributed by atoms with E-state index in [1.165, 1.54) is 0 Å². The third-order valence-corrected chi connectivity index (χ3v) is 4.23. The molecule has 7 nitrogen and oxygen atoms in total. The van der Waals surface area contributed by atoms with Crippen molar-refractivity contribution in [2.75, 3.05) is 6.54 Å². The molecule has 1 atom stereocenters. The van der Waals surface area contributed by atoms with Crippen LogP contribution in [0.4, 0.5) is 4.79 Å². The summed E-state index contributed by atoms with van der Waals surface area (Å²) >= 11 is 0. The van der Waals surface area contributed by atoms with Gasteiger partial charge in [0.25, 0.3) is 5.91 Å². The number of carbonyl (C=O) groups excluding carboxylic acids is 2. The first-order chi connectivity index (χ1) is 10.9. The minimum Gasteiger partial charge on any atom is -0.445 e. The van der Waals surface area contributed by atoms with Gasteiger partial charge in [-0.3, -0.25) is 4.79 Å². The number of amides is 2. The molecule has 1 saturated heterocycles. The van der Waals surface area contributed by atoms with E-state index < -0.39 is 11.1 Å². The maximum Gasteiger partial charge on any atom is 0.410 e. The van der Waals surface area contributed by atoms with Crippen LogP contribution in [0.5, 0.6) is 0 Å². The summed E-state index contributed by atoms with van der Waals surface area (Å²) in [5.41, 5.74) is -0.812. The van der Waals surface area contributed by atoms with Crippen molar-refractivity contribution in [1.82, 2.24) is 15.2 Å². The van der Waals surface area contributed by atoms with E-state index in [0.717, 1.165) is 0 Å². The quantitative estimate of drug-likeness (QED) is 0.897. The molecule has 0 aliphatic carbocycles. The number of nitrogens with one attached hydrogen (secondary N) is 1. The molecule has 0 aromatic carbocycles. The van der Waals surface area contributed by atoms with Crippen molar-refractivity contribution in [3.05, 3.63) is 17.3 Å². The Hall–Kier alpha value is -2.05. The van der Waals surface area contributed by atoms with Crippen molar-refractivity contribution in [3.8, 4) is 0 Å². The Balaban J connectivity index is 2.09. The maximum absolute atomic E-state index is 12.5. The van der Waals surface area contributed by atoms with Gasteiger partial charge in [-0.25, -0.2) is 9.78 Å². The summed E-state index contributed by atoms with van der Waals surface area (Å²) in [7, 11) is 0. The third-order valence-electron chi connectivity index (χ3n) is 4.23. The van der Waals surface area contributed by atoms with Crippen LogP contribution in [0.15, 0.2) is 4.42 Å². The first kappa shape index (κ1) is 18.3. The van der Waals surface area contributed by atoms with Gasteiger partial charge in [0.05, 0.1) is 11.6 Å². The molecular weight excluding hydrogens is 310 g/mol. The van der Waals surface area contributed by atoms with E-state index in [0.29, 0.717) is 30.3 Å². The van der Waals surface area contributed by atoms with E-state index in [9.17, 15) is 9.59 Å². The maximum atomic E-state index is 12.5. The standard InChI is InChI=1S/C17H27N3O4/c1-10-13(18-11(2)23-10)14(21)19-12-8-9-20(17(12,6)7)15(22)24-16(3,4)5/h12H,8-9H2,1-7H3,(H,19,21)/t12-/m0/s1. The summed E-state index contributed by atoms with van der Waals surface area (Å²) in [5.74, 6) is 0.664. The smallest absolute Gasteiger partial charge is 0.410 e. The van der Waals surface area contributed by atoms with Crippen LogP contribution in [0.1, 0.15) is 63.2 Å². The highest BCUT2D eigenvalue weighted by atomic mass is 16.6. The van der Waals surface area contributed by atoms with Gasteiger partial charge >= 0.3 is 6.09 Å². The number of oxazole rings is 1. The third kappa shape index (κ3) is 3.71. The molecule has 7 heteroatoms. The molecule has 0 radical (unpaired) electrons. The van der Waals surface area contributed by atoms with E-state index in [4.69, 9.17) is 9.15 Å². The predicted molar refractivity (Wildman–Crippen MR) is 88.9 cm³/mol. The first-order valence-electron chi connectivity index (χ1n) is 8.17. The van der Waals surface area contributed by atoms with Crippen LogP contribution in [-0.2, 0) is 4.74 Å². The molecule has 1 aliphatic heterocycles. The summed E-state index contributed by atoms with van der Waals surface area (Å²) in [5, 5.41) is 2.98. The van der Waals surface area contributed by atoms with Crippen molar-refractivity contribution in [2.45, 2.75) is 72.1 Å². The number of rotatable bonds is 2. The van der Waals surface area contributed by atoms with Crippen LogP contribution in [0.2, 0.25) is 0 Å². The summed E-state index contributed by atoms with van der Waals surface area (Å²) in [6.07, 6.45) is 0.297. The van der Waals surface area contributed by atoms with Crippen molar-refractivity contribution < 1.29 is 18.7 Å². The molecule has 0 unspecified atom stereocenters. The topological polar surface area (TPSA) is 84.7 Å². The molecule has 2 rings (SSSR count). The molecular formula is C17H27N3O4. The van der Waals surface area contributed by atoms with Crippen LogP contribution < -0.4 is 5.32 Å². The van der Waals surface area contributed by atoms with Gasteiger partial charge in [0.15, 0.2) is 11.6 Å². The van der Waals surface area contributed by atoms with E-state index in [2.05, 4.69) is 10.3 Å². The highest BCUT2D eigenvalue weighted by Gasteiger charge is 2.46. The van der Waals surface area contributed by atoms with Crippen molar-refractivity contribution >= 4 is 12.0 Å². The zero-order chi connectivity index (χ0) is 18.3. The summed E-state index contributed by atoms with van der Waals surface area (Å²) in [4.78, 5) is 30.6. The van der Waals surface area contributed by atoms with Crippen LogP contribution in [-0.4, -0.2) is 45.6 Å². The molecule has 2 heterocycles. The van der Waals surface area contributed by atoms with Crippen LogP contribution in [0.3, 0.4) is 0 Å². The number of nitrogens with zero attached hydrogens (tertiary/aromatic N) is 2. The van der Waals surface area contributed by atoms with Gasteiger partial charge < -0.3 is 19.4 Å². The second-order valence-corrected chi connectivity index (χ2v) is 7.74. The highest BCUT2D eigenvalue weighted by Crippen LogP contribution is 2.31. The second-order valence-electron chi connectivity index (χ2n) is 7.74. The number of carbonyl (C=O) groups is 2. The zero-order valence-electron chi connectivity index (χ0n) is 15.5. The summed E-state index contributed by atoms with van der Waals surface area (Å²) in [6.45, 7) is 13.3. The highest BCUT2D eigenvalue weighted by molar-refractivity contribution is 5.93. The number of hydrogen-bond donors (Lipinski definition) is 1. The molecule has 2 amide bonds. The number of likely N-dealkylation sites (tertiary alicyclic amines) is 1. The number of ether oxygens (including phenoxy) is 1.